The molecule has 1 fully saturated rings. The first-order chi connectivity index (χ1) is 13.3. The average Bonchev–Trinajstić information content (AvgIpc) is 3.15. The van der Waals surface area contributed by atoms with Crippen molar-refractivity contribution in [2.75, 3.05) is 6.54 Å². The van der Waals surface area contributed by atoms with Crippen molar-refractivity contribution >= 4 is 6.09 Å². The minimum absolute atomic E-state index is 0.164. The third kappa shape index (κ3) is 5.10. The molecule has 1 amide bonds. The number of nitrogens with zero attached hydrogens (tertiary/aromatic N) is 2. The predicted molar refractivity (Wildman–Crippen MR) is 111 cm³/mol. The quantitative estimate of drug-likeness (QED) is 0.802. The van der Waals surface area contributed by atoms with Gasteiger partial charge in [-0.05, 0) is 64.8 Å². The first-order valence-electron chi connectivity index (χ1n) is 10.1. The lowest BCUT2D eigenvalue weighted by Gasteiger charge is -2.36. The van der Waals surface area contributed by atoms with Gasteiger partial charge in [-0.25, -0.2) is 4.79 Å². The van der Waals surface area contributed by atoms with Crippen LogP contribution in [0.5, 0.6) is 0 Å². The van der Waals surface area contributed by atoms with E-state index in [0.717, 1.165) is 25.1 Å². The van der Waals surface area contributed by atoms with Gasteiger partial charge in [0.1, 0.15) is 5.60 Å². The number of nitrogens with one attached hydrogen (secondary N) is 1. The number of likely N-dealkylation sites (tertiary alicyclic amines) is 1. The van der Waals surface area contributed by atoms with Gasteiger partial charge in [-0.2, -0.15) is 0 Å². The molecular formula is C23H31N3O2. The summed E-state index contributed by atoms with van der Waals surface area (Å²) in [6.45, 7) is 8.86. The second-order valence-electron chi connectivity index (χ2n) is 8.41. The number of carbonyl (C=O) groups is 1. The Morgan fingerprint density at radius 1 is 1.18 bits per heavy atom. The first-order valence-corrected chi connectivity index (χ1v) is 10.1. The maximum absolute atomic E-state index is 12.6. The van der Waals surface area contributed by atoms with E-state index in [0.29, 0.717) is 0 Å². The second-order valence-corrected chi connectivity index (χ2v) is 8.41. The Balaban J connectivity index is 1.85. The zero-order valence-corrected chi connectivity index (χ0v) is 17.3. The Morgan fingerprint density at radius 3 is 2.54 bits per heavy atom. The topological polar surface area (TPSA) is 54.5 Å². The molecule has 0 aliphatic carbocycles. The molecule has 28 heavy (non-hydrogen) atoms. The van der Waals surface area contributed by atoms with E-state index in [9.17, 15) is 4.79 Å². The lowest BCUT2D eigenvalue weighted by Crippen LogP contribution is -2.45. The highest BCUT2D eigenvalue weighted by atomic mass is 16.6. The predicted octanol–water partition coefficient (Wildman–Crippen LogP) is 4.87. The summed E-state index contributed by atoms with van der Waals surface area (Å²) in [6, 6.07) is 16.6. The van der Waals surface area contributed by atoms with E-state index in [1.165, 1.54) is 5.56 Å². The highest BCUT2D eigenvalue weighted by Crippen LogP contribution is 2.35. The molecule has 2 unspecified atom stereocenters. The first kappa shape index (κ1) is 20.3. The van der Waals surface area contributed by atoms with E-state index in [-0.39, 0.29) is 18.1 Å². The van der Waals surface area contributed by atoms with Crippen molar-refractivity contribution in [1.29, 1.82) is 0 Å². The largest absolute Gasteiger partial charge is 0.444 e. The van der Waals surface area contributed by atoms with E-state index in [1.54, 1.807) is 6.20 Å². The molecule has 0 radical (unpaired) electrons. The van der Waals surface area contributed by atoms with Crippen LogP contribution in [0.1, 0.15) is 63.9 Å². The van der Waals surface area contributed by atoms with E-state index < -0.39 is 11.7 Å². The lowest BCUT2D eigenvalue weighted by molar-refractivity contribution is 0.0456. The van der Waals surface area contributed by atoms with Gasteiger partial charge in [0.25, 0.3) is 0 Å². The van der Waals surface area contributed by atoms with Gasteiger partial charge in [-0.1, -0.05) is 36.4 Å². The van der Waals surface area contributed by atoms with Crippen LogP contribution in [0.25, 0.3) is 0 Å². The SMILES string of the molecule is C[C@H](c1ccccc1)N1CCCC1C(NC(=O)OC(C)(C)C)c1ccccn1. The van der Waals surface area contributed by atoms with Gasteiger partial charge in [0.2, 0.25) is 0 Å². The summed E-state index contributed by atoms with van der Waals surface area (Å²) in [7, 11) is 0. The molecule has 1 aliphatic rings. The van der Waals surface area contributed by atoms with Crippen LogP contribution in [-0.2, 0) is 4.74 Å². The summed E-state index contributed by atoms with van der Waals surface area (Å²) in [5.74, 6) is 0. The molecule has 2 heterocycles. The summed E-state index contributed by atoms with van der Waals surface area (Å²) in [6.07, 6.45) is 3.48. The molecule has 1 saturated heterocycles. The number of ether oxygens (including phenoxy) is 1. The van der Waals surface area contributed by atoms with E-state index >= 15 is 0 Å². The molecule has 150 valence electrons. The van der Waals surface area contributed by atoms with Gasteiger partial charge in [0.05, 0.1) is 11.7 Å². The molecule has 1 aromatic carbocycles. The number of carbonyl (C=O) groups excluding carboxylic acids is 1. The fourth-order valence-electron chi connectivity index (χ4n) is 3.94. The van der Waals surface area contributed by atoms with Crippen molar-refractivity contribution in [3.8, 4) is 0 Å². The number of hydrogen-bond acceptors (Lipinski definition) is 4. The standard InChI is InChI=1S/C23H31N3O2/c1-17(18-11-6-5-7-12-18)26-16-10-14-20(26)21(19-13-8-9-15-24-19)25-22(27)28-23(2,3)4/h5-9,11-13,15,17,20-21H,10,14,16H2,1-4H3,(H,25,27)/t17-,20?,21?/m1/s1. The monoisotopic (exact) mass is 381 g/mol. The Labute approximate surface area is 168 Å². The Morgan fingerprint density at radius 2 is 1.89 bits per heavy atom. The van der Waals surface area contributed by atoms with Gasteiger partial charge in [0.15, 0.2) is 0 Å². The van der Waals surface area contributed by atoms with Crippen LogP contribution in [-0.4, -0.2) is 34.2 Å². The number of hydrogen-bond donors (Lipinski definition) is 1. The summed E-state index contributed by atoms with van der Waals surface area (Å²) < 4.78 is 5.53. The van der Waals surface area contributed by atoms with E-state index in [4.69, 9.17) is 4.74 Å². The molecule has 1 N–H and O–H groups in total. The van der Waals surface area contributed by atoms with Gasteiger partial charge < -0.3 is 10.1 Å². The summed E-state index contributed by atoms with van der Waals surface area (Å²) in [5.41, 5.74) is 1.61. The smallest absolute Gasteiger partial charge is 0.408 e. The number of benzene rings is 1. The van der Waals surface area contributed by atoms with Crippen LogP contribution in [0, 0.1) is 0 Å². The molecule has 0 bridgehead atoms. The van der Waals surface area contributed by atoms with Crippen LogP contribution in [0.3, 0.4) is 0 Å². The van der Waals surface area contributed by atoms with Crippen molar-refractivity contribution < 1.29 is 9.53 Å². The molecular weight excluding hydrogens is 350 g/mol. The molecule has 2 aromatic rings. The summed E-state index contributed by atoms with van der Waals surface area (Å²) >= 11 is 0. The molecule has 0 spiro atoms. The van der Waals surface area contributed by atoms with Gasteiger partial charge in [-0.15, -0.1) is 0 Å². The molecule has 3 rings (SSSR count). The molecule has 1 aliphatic heterocycles. The van der Waals surface area contributed by atoms with Crippen LogP contribution in [0.2, 0.25) is 0 Å². The second kappa shape index (κ2) is 8.74. The lowest BCUT2D eigenvalue weighted by atomic mass is 9.99. The molecule has 5 nitrogen and oxygen atoms in total. The zero-order chi connectivity index (χ0) is 20.1. The maximum Gasteiger partial charge on any atom is 0.408 e. The molecule has 1 aromatic heterocycles. The van der Waals surface area contributed by atoms with Gasteiger partial charge >= 0.3 is 6.09 Å². The maximum atomic E-state index is 12.6. The average molecular weight is 382 g/mol. The molecule has 0 saturated carbocycles. The fourth-order valence-corrected chi connectivity index (χ4v) is 3.94. The molecule has 3 atom stereocenters. The third-order valence-electron chi connectivity index (χ3n) is 5.19. The van der Waals surface area contributed by atoms with Gasteiger partial charge in [-0.3, -0.25) is 9.88 Å². The van der Waals surface area contributed by atoms with Crippen LogP contribution in [0.15, 0.2) is 54.7 Å². The van der Waals surface area contributed by atoms with Crippen molar-refractivity contribution in [2.45, 2.75) is 64.3 Å². The number of alkyl carbamates (subject to hydrolysis) is 1. The zero-order valence-electron chi connectivity index (χ0n) is 17.3. The number of amides is 1. The number of aromatic nitrogens is 1. The Kier molecular flexibility index (Phi) is 6.35. The Bertz CT molecular complexity index is 758. The van der Waals surface area contributed by atoms with Crippen molar-refractivity contribution in [3.05, 3.63) is 66.0 Å². The third-order valence-corrected chi connectivity index (χ3v) is 5.19. The van der Waals surface area contributed by atoms with Crippen LogP contribution in [0.4, 0.5) is 4.79 Å². The van der Waals surface area contributed by atoms with Crippen LogP contribution < -0.4 is 5.32 Å². The van der Waals surface area contributed by atoms with Crippen LogP contribution >= 0.6 is 0 Å². The normalized spacial score (nSPS) is 19.8. The minimum Gasteiger partial charge on any atom is -0.444 e. The minimum atomic E-state index is -0.536. The summed E-state index contributed by atoms with van der Waals surface area (Å²) in [4.78, 5) is 19.6. The number of rotatable bonds is 5. The van der Waals surface area contributed by atoms with E-state index in [1.807, 2.05) is 45.0 Å². The van der Waals surface area contributed by atoms with E-state index in [2.05, 4.69) is 46.4 Å². The summed E-state index contributed by atoms with van der Waals surface area (Å²) in [5, 5.41) is 3.10. The van der Waals surface area contributed by atoms with Crippen molar-refractivity contribution in [3.63, 3.8) is 0 Å². The van der Waals surface area contributed by atoms with Crippen molar-refractivity contribution in [2.24, 2.45) is 0 Å². The Hall–Kier alpha value is -2.40. The molecule has 5 heteroatoms. The highest BCUT2D eigenvalue weighted by Gasteiger charge is 2.37. The number of pyridine rings is 1. The highest BCUT2D eigenvalue weighted by molar-refractivity contribution is 5.68. The fraction of sp³-hybridized carbons (Fsp3) is 0.478. The van der Waals surface area contributed by atoms with Crippen molar-refractivity contribution in [1.82, 2.24) is 15.2 Å². The van der Waals surface area contributed by atoms with Gasteiger partial charge in [0, 0.05) is 18.3 Å².